The molecule has 4 atom stereocenters. The lowest BCUT2D eigenvalue weighted by molar-refractivity contribution is 0.208. The van der Waals surface area contributed by atoms with Crippen molar-refractivity contribution in [1.29, 1.82) is 0 Å². The van der Waals surface area contributed by atoms with Gasteiger partial charge in [0.15, 0.2) is 5.96 Å². The van der Waals surface area contributed by atoms with Crippen molar-refractivity contribution in [2.24, 2.45) is 16.8 Å². The molecule has 6 heteroatoms. The van der Waals surface area contributed by atoms with Crippen LogP contribution < -0.4 is 5.32 Å². The van der Waals surface area contributed by atoms with Crippen LogP contribution in [0.1, 0.15) is 38.2 Å². The maximum Gasteiger partial charge on any atom is 0.193 e. The molecule has 1 saturated heterocycles. The Labute approximate surface area is 159 Å². The third-order valence-corrected chi connectivity index (χ3v) is 4.86. The van der Waals surface area contributed by atoms with Crippen LogP contribution in [0.4, 0.5) is 8.78 Å². The van der Waals surface area contributed by atoms with Crippen LogP contribution in [-0.2, 0) is 0 Å². The van der Waals surface area contributed by atoms with Crippen LogP contribution in [0.2, 0.25) is 0 Å². The van der Waals surface area contributed by atoms with Crippen molar-refractivity contribution in [3.05, 3.63) is 35.4 Å². The van der Waals surface area contributed by atoms with Gasteiger partial charge in [0.2, 0.25) is 0 Å². The first kappa shape index (κ1) is 19.4. The average molecular weight is 449 g/mol. The van der Waals surface area contributed by atoms with Crippen LogP contribution in [0.25, 0.3) is 0 Å². The zero-order valence-corrected chi connectivity index (χ0v) is 16.8. The number of nitrogens with one attached hydrogen (secondary N) is 1. The lowest BCUT2D eigenvalue weighted by Gasteiger charge is -2.37. The van der Waals surface area contributed by atoms with Crippen LogP contribution in [0.5, 0.6) is 0 Å². The van der Waals surface area contributed by atoms with Gasteiger partial charge in [0.25, 0.3) is 0 Å². The number of aliphatic imine (C=N–C) groups is 1. The second kappa shape index (κ2) is 7.97. The minimum Gasteiger partial charge on any atom is -0.353 e. The van der Waals surface area contributed by atoms with Crippen LogP contribution >= 0.6 is 24.0 Å². The SMILES string of the molecule is CN=C(NC1CC1c1c(F)cccc1F)N1CC(C)CC(C)C1.I. The molecule has 1 aromatic carbocycles. The summed E-state index contributed by atoms with van der Waals surface area (Å²) in [5, 5.41) is 3.40. The van der Waals surface area contributed by atoms with Gasteiger partial charge in [-0.3, -0.25) is 4.99 Å². The predicted molar refractivity (Wildman–Crippen MR) is 104 cm³/mol. The molecule has 0 spiro atoms. The summed E-state index contributed by atoms with van der Waals surface area (Å²) in [6, 6.07) is 4.13. The number of guanidine groups is 1. The molecule has 4 unspecified atom stereocenters. The van der Waals surface area contributed by atoms with Gasteiger partial charge in [0.05, 0.1) is 0 Å². The Kier molecular flexibility index (Phi) is 6.45. The van der Waals surface area contributed by atoms with E-state index in [0.717, 1.165) is 25.5 Å². The molecule has 2 fully saturated rings. The smallest absolute Gasteiger partial charge is 0.193 e. The van der Waals surface area contributed by atoms with Gasteiger partial charge in [0, 0.05) is 37.7 Å². The van der Waals surface area contributed by atoms with Gasteiger partial charge in [-0.15, -0.1) is 24.0 Å². The number of hydrogen-bond donors (Lipinski definition) is 1. The summed E-state index contributed by atoms with van der Waals surface area (Å²) < 4.78 is 27.8. The van der Waals surface area contributed by atoms with E-state index < -0.39 is 11.6 Å². The van der Waals surface area contributed by atoms with Gasteiger partial charge in [-0.1, -0.05) is 19.9 Å². The van der Waals surface area contributed by atoms with Gasteiger partial charge >= 0.3 is 0 Å². The highest BCUT2D eigenvalue weighted by atomic mass is 127. The lowest BCUT2D eigenvalue weighted by atomic mass is 9.92. The molecular weight excluding hydrogens is 423 g/mol. The summed E-state index contributed by atoms with van der Waals surface area (Å²) in [5.74, 6) is 1.12. The minimum atomic E-state index is -0.450. The van der Waals surface area contributed by atoms with Crippen LogP contribution in [0, 0.1) is 23.5 Å². The van der Waals surface area contributed by atoms with E-state index in [1.54, 1.807) is 7.05 Å². The first-order chi connectivity index (χ1) is 11.0. The molecule has 0 aromatic heterocycles. The Morgan fingerprint density at radius 1 is 1.12 bits per heavy atom. The molecule has 1 heterocycles. The number of nitrogens with zero attached hydrogens (tertiary/aromatic N) is 2. The van der Waals surface area contributed by atoms with Crippen molar-refractivity contribution < 1.29 is 8.78 Å². The van der Waals surface area contributed by atoms with E-state index in [-0.39, 0.29) is 41.5 Å². The van der Waals surface area contributed by atoms with Crippen LogP contribution in [0.15, 0.2) is 23.2 Å². The molecule has 1 aromatic rings. The monoisotopic (exact) mass is 449 g/mol. The zero-order valence-electron chi connectivity index (χ0n) is 14.4. The summed E-state index contributed by atoms with van der Waals surface area (Å²) in [6.45, 7) is 6.47. The molecule has 2 aliphatic rings. The van der Waals surface area contributed by atoms with Gasteiger partial charge < -0.3 is 10.2 Å². The summed E-state index contributed by atoms with van der Waals surface area (Å²) in [7, 11) is 1.77. The van der Waals surface area contributed by atoms with Crippen molar-refractivity contribution >= 4 is 29.9 Å². The molecule has 1 saturated carbocycles. The fourth-order valence-corrected chi connectivity index (χ4v) is 3.84. The van der Waals surface area contributed by atoms with Crippen molar-refractivity contribution in [1.82, 2.24) is 10.2 Å². The number of piperidine rings is 1. The van der Waals surface area contributed by atoms with E-state index in [2.05, 4.69) is 29.1 Å². The first-order valence-corrected chi connectivity index (χ1v) is 8.41. The Bertz CT molecular complexity index is 578. The first-order valence-electron chi connectivity index (χ1n) is 8.41. The Morgan fingerprint density at radius 2 is 1.71 bits per heavy atom. The molecular formula is C18H26F2IN3. The van der Waals surface area contributed by atoms with Gasteiger partial charge in [-0.25, -0.2) is 8.78 Å². The molecule has 0 amide bonds. The van der Waals surface area contributed by atoms with Crippen molar-refractivity contribution in [3.63, 3.8) is 0 Å². The van der Waals surface area contributed by atoms with Crippen LogP contribution in [-0.4, -0.2) is 37.0 Å². The summed E-state index contributed by atoms with van der Waals surface area (Å²) in [6.07, 6.45) is 1.98. The van der Waals surface area contributed by atoms with E-state index in [1.807, 2.05) is 0 Å². The topological polar surface area (TPSA) is 27.6 Å². The highest BCUT2D eigenvalue weighted by Crippen LogP contribution is 2.43. The number of likely N-dealkylation sites (tertiary alicyclic amines) is 1. The Morgan fingerprint density at radius 3 is 2.25 bits per heavy atom. The zero-order chi connectivity index (χ0) is 16.6. The molecule has 24 heavy (non-hydrogen) atoms. The Balaban J connectivity index is 0.00000208. The standard InChI is InChI=1S/C18H25F2N3.HI/c1-11-7-12(2)10-23(9-11)18(21-3)22-16-8-13(16)17-14(19)5-4-6-15(17)20;/h4-6,11-13,16H,7-10H2,1-3H3,(H,21,22);1H. The molecule has 134 valence electrons. The van der Waals surface area contributed by atoms with E-state index in [0.29, 0.717) is 11.8 Å². The van der Waals surface area contributed by atoms with E-state index >= 15 is 0 Å². The molecule has 1 aliphatic carbocycles. The van der Waals surface area contributed by atoms with Gasteiger partial charge in [-0.05, 0) is 36.8 Å². The molecule has 3 rings (SSSR count). The number of rotatable bonds is 2. The predicted octanol–water partition coefficient (Wildman–Crippen LogP) is 3.99. The maximum absolute atomic E-state index is 13.9. The molecule has 1 aliphatic heterocycles. The quantitative estimate of drug-likeness (QED) is 0.420. The summed E-state index contributed by atoms with van der Waals surface area (Å²) in [5.41, 5.74) is 0.209. The fraction of sp³-hybridized carbons (Fsp3) is 0.611. The van der Waals surface area contributed by atoms with Gasteiger partial charge in [-0.2, -0.15) is 0 Å². The van der Waals surface area contributed by atoms with Crippen molar-refractivity contribution in [3.8, 4) is 0 Å². The molecule has 3 nitrogen and oxygen atoms in total. The average Bonchev–Trinajstić information content (AvgIpc) is 3.22. The molecule has 0 radical (unpaired) electrons. The molecule has 0 bridgehead atoms. The second-order valence-electron chi connectivity index (χ2n) is 7.13. The highest BCUT2D eigenvalue weighted by Gasteiger charge is 2.43. The number of benzene rings is 1. The van der Waals surface area contributed by atoms with E-state index in [1.165, 1.54) is 24.6 Å². The third-order valence-electron chi connectivity index (χ3n) is 4.86. The second-order valence-corrected chi connectivity index (χ2v) is 7.13. The highest BCUT2D eigenvalue weighted by molar-refractivity contribution is 14.0. The maximum atomic E-state index is 13.9. The van der Waals surface area contributed by atoms with Crippen molar-refractivity contribution in [2.75, 3.05) is 20.1 Å². The third kappa shape index (κ3) is 4.18. The fourth-order valence-electron chi connectivity index (χ4n) is 3.84. The van der Waals surface area contributed by atoms with Crippen LogP contribution in [0.3, 0.4) is 0 Å². The van der Waals surface area contributed by atoms with E-state index in [4.69, 9.17) is 0 Å². The summed E-state index contributed by atoms with van der Waals surface area (Å²) >= 11 is 0. The lowest BCUT2D eigenvalue weighted by Crippen LogP contribution is -2.49. The van der Waals surface area contributed by atoms with Crippen molar-refractivity contribution in [2.45, 2.75) is 38.6 Å². The minimum absolute atomic E-state index is 0. The van der Waals surface area contributed by atoms with E-state index in [9.17, 15) is 8.78 Å². The molecule has 1 N–H and O–H groups in total. The largest absolute Gasteiger partial charge is 0.353 e. The number of hydrogen-bond acceptors (Lipinski definition) is 1. The number of halogens is 3. The summed E-state index contributed by atoms with van der Waals surface area (Å²) in [4.78, 5) is 6.65. The normalized spacial score (nSPS) is 29.9. The Hall–Kier alpha value is -0.920. The van der Waals surface area contributed by atoms with Gasteiger partial charge in [0.1, 0.15) is 11.6 Å².